The molecule has 0 spiro atoms. The molecular weight excluding hydrogens is 983 g/mol. The Morgan fingerprint density at radius 1 is 0.235 bits per heavy atom. The van der Waals surface area contributed by atoms with Crippen LogP contribution >= 0.6 is 0 Å². The molecular formula is C76H49N5. The molecule has 1 aliphatic carbocycles. The maximum Gasteiger partial charge on any atom is 0.164 e. The van der Waals surface area contributed by atoms with Crippen molar-refractivity contribution in [3.63, 3.8) is 0 Å². The van der Waals surface area contributed by atoms with Gasteiger partial charge in [-0.2, -0.15) is 0 Å². The molecule has 0 saturated carbocycles. The van der Waals surface area contributed by atoms with E-state index >= 15 is 0 Å². The highest BCUT2D eigenvalue weighted by Gasteiger charge is 2.46. The lowest BCUT2D eigenvalue weighted by Crippen LogP contribution is -2.28. The second-order valence-electron chi connectivity index (χ2n) is 21.1. The van der Waals surface area contributed by atoms with Crippen molar-refractivity contribution < 1.29 is 0 Å². The summed E-state index contributed by atoms with van der Waals surface area (Å²) in [7, 11) is 0. The molecule has 1 aliphatic rings. The van der Waals surface area contributed by atoms with Crippen LogP contribution in [0, 0.1) is 0 Å². The van der Waals surface area contributed by atoms with Gasteiger partial charge in [0.1, 0.15) is 0 Å². The van der Waals surface area contributed by atoms with Gasteiger partial charge in [-0.25, -0.2) is 15.0 Å². The predicted molar refractivity (Wildman–Crippen MR) is 333 cm³/mol. The highest BCUT2D eigenvalue weighted by atomic mass is 15.0. The molecule has 15 aromatic rings. The van der Waals surface area contributed by atoms with Gasteiger partial charge < -0.3 is 9.13 Å². The first kappa shape index (κ1) is 46.4. The van der Waals surface area contributed by atoms with Crippen LogP contribution in [0.5, 0.6) is 0 Å². The van der Waals surface area contributed by atoms with E-state index in [1.165, 1.54) is 77.1 Å². The van der Waals surface area contributed by atoms with Gasteiger partial charge in [0, 0.05) is 49.6 Å². The van der Waals surface area contributed by atoms with E-state index in [1.54, 1.807) is 0 Å². The van der Waals surface area contributed by atoms with E-state index in [4.69, 9.17) is 15.0 Å². The summed E-state index contributed by atoms with van der Waals surface area (Å²) in [4.78, 5) is 15.4. The van der Waals surface area contributed by atoms with Gasteiger partial charge in [0.25, 0.3) is 0 Å². The standard InChI is InChI=1S/C76H49N5/c1-6-21-52(22-7-1)73-77-74(53-23-8-2-9-24-53)79-75(78-73)56-25-20-32-60(45-56)81-71-44-42-55(51-39-37-50(38-40-51)54-41-43-70-64(46-54)62-34-17-19-36-69(62)80(70)59-30-14-5-15-31-59)47-65(71)66-48-63-61-33-16-18-35-67(61)76(68(63)49-72(66)81,57-26-10-3-11-27-57)58-28-12-4-13-29-58/h1-49H. The zero-order valence-electron chi connectivity index (χ0n) is 44.0. The van der Waals surface area contributed by atoms with Crippen molar-refractivity contribution in [1.29, 1.82) is 0 Å². The molecule has 0 N–H and O–H groups in total. The second kappa shape index (κ2) is 18.7. The molecule has 378 valence electrons. The second-order valence-corrected chi connectivity index (χ2v) is 21.1. The third-order valence-electron chi connectivity index (χ3n) is 16.6. The molecule has 0 atom stereocenters. The minimum Gasteiger partial charge on any atom is -0.309 e. The Balaban J connectivity index is 0.883. The lowest BCUT2D eigenvalue weighted by molar-refractivity contribution is 0.769. The Morgan fingerprint density at radius 3 is 1.27 bits per heavy atom. The Labute approximate surface area is 469 Å². The van der Waals surface area contributed by atoms with Gasteiger partial charge in [0.2, 0.25) is 0 Å². The molecule has 3 heterocycles. The highest BCUT2D eigenvalue weighted by molar-refractivity contribution is 6.14. The molecule has 0 radical (unpaired) electrons. The average Bonchev–Trinajstić information content (AvgIpc) is 3.20. The molecule has 5 heteroatoms. The summed E-state index contributed by atoms with van der Waals surface area (Å²) in [5.74, 6) is 1.87. The van der Waals surface area contributed by atoms with Crippen molar-refractivity contribution in [1.82, 2.24) is 24.1 Å². The molecule has 81 heavy (non-hydrogen) atoms. The molecule has 16 rings (SSSR count). The minimum absolute atomic E-state index is 0.575. The van der Waals surface area contributed by atoms with Crippen LogP contribution < -0.4 is 0 Å². The summed E-state index contributed by atoms with van der Waals surface area (Å²) < 4.78 is 4.82. The van der Waals surface area contributed by atoms with Crippen LogP contribution in [-0.4, -0.2) is 24.1 Å². The van der Waals surface area contributed by atoms with Gasteiger partial charge in [-0.15, -0.1) is 0 Å². The number of hydrogen-bond donors (Lipinski definition) is 0. The Bertz CT molecular complexity index is 4800. The van der Waals surface area contributed by atoms with Crippen molar-refractivity contribution in [2.24, 2.45) is 0 Å². The molecule has 0 fully saturated rings. The van der Waals surface area contributed by atoms with Gasteiger partial charge in [0.15, 0.2) is 17.5 Å². The maximum absolute atomic E-state index is 5.18. The Kier molecular flexibility index (Phi) is 10.7. The van der Waals surface area contributed by atoms with Crippen molar-refractivity contribution in [2.45, 2.75) is 5.41 Å². The van der Waals surface area contributed by atoms with Gasteiger partial charge >= 0.3 is 0 Å². The van der Waals surface area contributed by atoms with Crippen LogP contribution in [0.15, 0.2) is 297 Å². The minimum atomic E-state index is -0.575. The first-order valence-electron chi connectivity index (χ1n) is 27.7. The summed E-state index contributed by atoms with van der Waals surface area (Å²) >= 11 is 0. The number of para-hydroxylation sites is 2. The van der Waals surface area contributed by atoms with E-state index in [1.807, 2.05) is 36.4 Å². The Morgan fingerprint density at radius 2 is 0.667 bits per heavy atom. The fourth-order valence-corrected chi connectivity index (χ4v) is 13.0. The fraction of sp³-hybridized carbons (Fsp3) is 0.0132. The average molecular weight is 1030 g/mol. The molecule has 0 bridgehead atoms. The van der Waals surface area contributed by atoms with Crippen molar-refractivity contribution >= 4 is 43.6 Å². The molecule has 0 saturated heterocycles. The van der Waals surface area contributed by atoms with E-state index in [2.05, 4.69) is 270 Å². The zero-order chi connectivity index (χ0) is 53.4. The molecule has 5 nitrogen and oxygen atoms in total. The summed E-state index contributed by atoms with van der Waals surface area (Å²) in [5.41, 5.74) is 21.1. The molecule has 0 aliphatic heterocycles. The van der Waals surface area contributed by atoms with E-state index < -0.39 is 5.41 Å². The largest absolute Gasteiger partial charge is 0.309 e. The number of aromatic nitrogens is 5. The van der Waals surface area contributed by atoms with Crippen LogP contribution in [0.25, 0.3) is 123 Å². The number of nitrogens with zero attached hydrogens (tertiary/aromatic N) is 5. The van der Waals surface area contributed by atoms with Crippen molar-refractivity contribution in [3.05, 3.63) is 320 Å². The SMILES string of the molecule is c1ccc(-c2nc(-c3ccccc3)nc(-c3cccc(-n4c5ccc(-c6ccc(-c7ccc8c(c7)c7ccccc7n8-c7ccccc7)cc6)cc5c5cc6c(cc54)C(c4ccccc4)(c4ccccc4)c4ccccc4-6)c3)n2)cc1. The van der Waals surface area contributed by atoms with Gasteiger partial charge in [0.05, 0.1) is 27.5 Å². The molecule has 12 aromatic carbocycles. The van der Waals surface area contributed by atoms with E-state index in [0.29, 0.717) is 17.5 Å². The lowest BCUT2D eigenvalue weighted by atomic mass is 9.67. The van der Waals surface area contributed by atoms with Gasteiger partial charge in [-0.1, -0.05) is 231 Å². The van der Waals surface area contributed by atoms with Gasteiger partial charge in [-0.05, 0) is 122 Å². The van der Waals surface area contributed by atoms with Crippen molar-refractivity contribution in [2.75, 3.05) is 0 Å². The topological polar surface area (TPSA) is 48.5 Å². The highest BCUT2D eigenvalue weighted by Crippen LogP contribution is 2.57. The lowest BCUT2D eigenvalue weighted by Gasteiger charge is -2.34. The number of benzene rings is 12. The Hall–Kier alpha value is -10.8. The first-order valence-corrected chi connectivity index (χ1v) is 27.7. The smallest absolute Gasteiger partial charge is 0.164 e. The van der Waals surface area contributed by atoms with Crippen molar-refractivity contribution in [3.8, 4) is 78.9 Å². The zero-order valence-corrected chi connectivity index (χ0v) is 44.0. The summed E-state index contributed by atoms with van der Waals surface area (Å²) in [6, 6.07) is 108. The van der Waals surface area contributed by atoms with Crippen LogP contribution in [-0.2, 0) is 5.41 Å². The molecule has 3 aromatic heterocycles. The molecule has 0 unspecified atom stereocenters. The maximum atomic E-state index is 5.18. The van der Waals surface area contributed by atoms with E-state index in [-0.39, 0.29) is 0 Å². The van der Waals surface area contributed by atoms with Crippen LogP contribution in [0.1, 0.15) is 22.3 Å². The quantitative estimate of drug-likeness (QED) is 0.145. The first-order chi connectivity index (χ1) is 40.2. The van der Waals surface area contributed by atoms with Crippen LogP contribution in [0.2, 0.25) is 0 Å². The van der Waals surface area contributed by atoms with E-state index in [9.17, 15) is 0 Å². The summed E-state index contributed by atoms with van der Waals surface area (Å²) in [5, 5.41) is 4.84. The predicted octanol–water partition coefficient (Wildman–Crippen LogP) is 18.8. The monoisotopic (exact) mass is 1030 g/mol. The third kappa shape index (κ3) is 7.43. The number of fused-ring (bicyclic) bond motifs is 9. The third-order valence-corrected chi connectivity index (χ3v) is 16.6. The van der Waals surface area contributed by atoms with Crippen LogP contribution in [0.3, 0.4) is 0 Å². The van der Waals surface area contributed by atoms with Gasteiger partial charge in [-0.3, -0.25) is 0 Å². The normalized spacial score (nSPS) is 12.5. The fourth-order valence-electron chi connectivity index (χ4n) is 13.0. The summed E-state index contributed by atoms with van der Waals surface area (Å²) in [6.07, 6.45) is 0. The molecule has 0 amide bonds. The number of hydrogen-bond acceptors (Lipinski definition) is 3. The van der Waals surface area contributed by atoms with Crippen LogP contribution in [0.4, 0.5) is 0 Å². The summed E-state index contributed by atoms with van der Waals surface area (Å²) in [6.45, 7) is 0. The van der Waals surface area contributed by atoms with E-state index in [0.717, 1.165) is 50.2 Å². The number of rotatable bonds is 9.